The summed E-state index contributed by atoms with van der Waals surface area (Å²) in [6.07, 6.45) is 5.10. The van der Waals surface area contributed by atoms with Crippen molar-refractivity contribution in [1.29, 1.82) is 0 Å². The van der Waals surface area contributed by atoms with Gasteiger partial charge in [-0.15, -0.1) is 0 Å². The van der Waals surface area contributed by atoms with Crippen LogP contribution in [0.25, 0.3) is 0 Å². The van der Waals surface area contributed by atoms with Gasteiger partial charge in [0.15, 0.2) is 12.3 Å². The monoisotopic (exact) mass is 313 g/mol. The van der Waals surface area contributed by atoms with Gasteiger partial charge in [-0.1, -0.05) is 31.2 Å². The van der Waals surface area contributed by atoms with E-state index in [4.69, 9.17) is 4.74 Å². The minimum Gasteiger partial charge on any atom is -0.451 e. The highest BCUT2D eigenvalue weighted by Crippen LogP contribution is 2.13. The van der Waals surface area contributed by atoms with Crippen LogP contribution in [0.3, 0.4) is 0 Å². The zero-order chi connectivity index (χ0) is 16.7. The topological polar surface area (TPSA) is 81.2 Å². The molecular weight excluding hydrogens is 294 g/mol. The van der Waals surface area contributed by atoms with Crippen LogP contribution in [0.15, 0.2) is 42.9 Å². The molecule has 0 aliphatic carbocycles. The molecule has 2 rings (SSSR count). The third kappa shape index (κ3) is 4.88. The number of carbonyl (C=O) groups is 2. The zero-order valence-corrected chi connectivity index (χ0v) is 13.2. The predicted molar refractivity (Wildman–Crippen MR) is 84.7 cm³/mol. The summed E-state index contributed by atoms with van der Waals surface area (Å²) in [5.41, 5.74) is 2.31. The highest BCUT2D eigenvalue weighted by atomic mass is 16.5. The third-order valence-corrected chi connectivity index (χ3v) is 3.37. The molecule has 6 heteroatoms. The molecule has 1 N–H and O–H groups in total. The molecule has 0 radical (unpaired) electrons. The van der Waals surface area contributed by atoms with Gasteiger partial charge in [0.25, 0.3) is 5.91 Å². The van der Waals surface area contributed by atoms with Crippen LogP contribution in [-0.2, 0) is 16.0 Å². The number of rotatable bonds is 6. The lowest BCUT2D eigenvalue weighted by atomic mass is 10.1. The van der Waals surface area contributed by atoms with Crippen LogP contribution >= 0.6 is 0 Å². The molecule has 0 aliphatic heterocycles. The average Bonchev–Trinajstić information content (AvgIpc) is 2.60. The number of hydrogen-bond acceptors (Lipinski definition) is 5. The number of aryl methyl sites for hydroxylation is 1. The second-order valence-corrected chi connectivity index (χ2v) is 5.05. The summed E-state index contributed by atoms with van der Waals surface area (Å²) in [5.74, 6) is -1.04. The summed E-state index contributed by atoms with van der Waals surface area (Å²) in [6.45, 7) is 3.61. The fourth-order valence-electron chi connectivity index (χ4n) is 2.02. The van der Waals surface area contributed by atoms with Gasteiger partial charge in [-0.2, -0.15) is 0 Å². The number of amides is 1. The van der Waals surface area contributed by atoms with E-state index >= 15 is 0 Å². The zero-order valence-electron chi connectivity index (χ0n) is 13.2. The lowest BCUT2D eigenvalue weighted by Crippen LogP contribution is -2.31. The largest absolute Gasteiger partial charge is 0.451 e. The molecular formula is C17H19N3O3. The maximum absolute atomic E-state index is 11.9. The summed E-state index contributed by atoms with van der Waals surface area (Å²) < 4.78 is 4.91. The van der Waals surface area contributed by atoms with E-state index in [0.717, 1.165) is 12.0 Å². The Morgan fingerprint density at radius 2 is 1.96 bits per heavy atom. The highest BCUT2D eigenvalue weighted by molar-refractivity contribution is 5.89. The smallest absolute Gasteiger partial charge is 0.359 e. The van der Waals surface area contributed by atoms with Crippen molar-refractivity contribution in [2.75, 3.05) is 6.61 Å². The molecule has 1 amide bonds. The van der Waals surface area contributed by atoms with Crippen molar-refractivity contribution in [3.63, 3.8) is 0 Å². The van der Waals surface area contributed by atoms with E-state index in [-0.39, 0.29) is 24.2 Å². The van der Waals surface area contributed by atoms with Gasteiger partial charge >= 0.3 is 5.97 Å². The molecule has 120 valence electrons. The Morgan fingerprint density at radius 1 is 1.22 bits per heavy atom. The Bertz CT molecular complexity index is 657. The van der Waals surface area contributed by atoms with Crippen molar-refractivity contribution in [3.05, 3.63) is 59.7 Å². The van der Waals surface area contributed by atoms with E-state index in [1.165, 1.54) is 24.2 Å². The normalized spacial score (nSPS) is 11.6. The summed E-state index contributed by atoms with van der Waals surface area (Å²) in [5, 5.41) is 2.79. The van der Waals surface area contributed by atoms with Crippen LogP contribution in [0.4, 0.5) is 0 Å². The second-order valence-electron chi connectivity index (χ2n) is 5.05. The minimum absolute atomic E-state index is 0.0727. The molecule has 1 aromatic heterocycles. The Labute approximate surface area is 134 Å². The Kier molecular flexibility index (Phi) is 5.80. The van der Waals surface area contributed by atoms with Gasteiger partial charge in [0.05, 0.1) is 12.2 Å². The van der Waals surface area contributed by atoms with Crippen LogP contribution in [0.1, 0.15) is 41.5 Å². The summed E-state index contributed by atoms with van der Waals surface area (Å²) in [7, 11) is 0. The number of carbonyl (C=O) groups excluding carboxylic acids is 2. The van der Waals surface area contributed by atoms with Crippen LogP contribution in [-0.4, -0.2) is 28.5 Å². The summed E-state index contributed by atoms with van der Waals surface area (Å²) in [4.78, 5) is 31.1. The lowest BCUT2D eigenvalue weighted by Gasteiger charge is -2.14. The molecule has 0 aliphatic rings. The maximum Gasteiger partial charge on any atom is 0.359 e. The number of nitrogens with one attached hydrogen (secondary N) is 1. The van der Waals surface area contributed by atoms with E-state index in [0.29, 0.717) is 0 Å². The first-order valence-corrected chi connectivity index (χ1v) is 7.41. The van der Waals surface area contributed by atoms with Crippen molar-refractivity contribution >= 4 is 11.9 Å². The van der Waals surface area contributed by atoms with Crippen LogP contribution in [0.2, 0.25) is 0 Å². The van der Waals surface area contributed by atoms with E-state index in [1.807, 2.05) is 31.2 Å². The number of benzene rings is 1. The molecule has 1 atom stereocenters. The number of hydrogen-bond donors (Lipinski definition) is 1. The molecule has 6 nitrogen and oxygen atoms in total. The first kappa shape index (κ1) is 16.6. The molecule has 1 aromatic carbocycles. The third-order valence-electron chi connectivity index (χ3n) is 3.37. The number of esters is 1. The first-order valence-electron chi connectivity index (χ1n) is 7.41. The van der Waals surface area contributed by atoms with Gasteiger partial charge < -0.3 is 10.1 Å². The molecule has 0 bridgehead atoms. The molecule has 0 spiro atoms. The van der Waals surface area contributed by atoms with E-state index < -0.39 is 5.97 Å². The fraction of sp³-hybridized carbons (Fsp3) is 0.294. The fourth-order valence-corrected chi connectivity index (χ4v) is 2.02. The van der Waals surface area contributed by atoms with Crippen LogP contribution < -0.4 is 5.32 Å². The summed E-state index contributed by atoms with van der Waals surface area (Å²) >= 11 is 0. The first-order chi connectivity index (χ1) is 11.1. The standard InChI is InChI=1S/C17H19N3O3/c1-3-13-4-6-14(7-5-13)12(2)20-16(21)11-23-17(22)15-10-18-8-9-19-15/h4-10,12H,3,11H2,1-2H3,(H,20,21)/t12-/m1/s1. The van der Waals surface area contributed by atoms with Crippen molar-refractivity contribution in [2.45, 2.75) is 26.3 Å². The van der Waals surface area contributed by atoms with Gasteiger partial charge in [0.1, 0.15) is 0 Å². The Balaban J connectivity index is 1.83. The number of ether oxygens (including phenoxy) is 1. The minimum atomic E-state index is -0.673. The van der Waals surface area contributed by atoms with Gasteiger partial charge in [0, 0.05) is 12.4 Å². The van der Waals surface area contributed by atoms with E-state index in [2.05, 4.69) is 22.2 Å². The molecule has 0 unspecified atom stereocenters. The molecule has 2 aromatic rings. The van der Waals surface area contributed by atoms with Gasteiger partial charge in [0.2, 0.25) is 0 Å². The van der Waals surface area contributed by atoms with Crippen LogP contribution in [0.5, 0.6) is 0 Å². The molecule has 0 saturated carbocycles. The highest BCUT2D eigenvalue weighted by Gasteiger charge is 2.14. The second kappa shape index (κ2) is 8.03. The molecule has 1 heterocycles. The van der Waals surface area contributed by atoms with Crippen molar-refractivity contribution in [3.8, 4) is 0 Å². The summed E-state index contributed by atoms with van der Waals surface area (Å²) in [6, 6.07) is 7.87. The van der Waals surface area contributed by atoms with Crippen molar-refractivity contribution in [2.24, 2.45) is 0 Å². The quantitative estimate of drug-likeness (QED) is 0.826. The number of aromatic nitrogens is 2. The predicted octanol–water partition coefficient (Wildman–Crippen LogP) is 2.07. The Hall–Kier alpha value is -2.76. The van der Waals surface area contributed by atoms with Gasteiger partial charge in [-0.05, 0) is 24.5 Å². The van der Waals surface area contributed by atoms with Crippen molar-refractivity contribution in [1.82, 2.24) is 15.3 Å². The lowest BCUT2D eigenvalue weighted by molar-refractivity contribution is -0.124. The molecule has 23 heavy (non-hydrogen) atoms. The Morgan fingerprint density at radius 3 is 2.57 bits per heavy atom. The van der Waals surface area contributed by atoms with Crippen LogP contribution in [0, 0.1) is 0 Å². The van der Waals surface area contributed by atoms with E-state index in [1.54, 1.807) is 0 Å². The maximum atomic E-state index is 11.9. The average molecular weight is 313 g/mol. The SMILES string of the molecule is CCc1ccc([C@@H](C)NC(=O)COC(=O)c2cnccn2)cc1. The van der Waals surface area contributed by atoms with Gasteiger partial charge in [-0.3, -0.25) is 9.78 Å². The molecule has 0 saturated heterocycles. The van der Waals surface area contributed by atoms with Gasteiger partial charge in [-0.25, -0.2) is 9.78 Å². The van der Waals surface area contributed by atoms with Crippen molar-refractivity contribution < 1.29 is 14.3 Å². The van der Waals surface area contributed by atoms with E-state index in [9.17, 15) is 9.59 Å². The molecule has 0 fully saturated rings. The number of nitrogens with zero attached hydrogens (tertiary/aromatic N) is 2.